The number of carbonyl (C=O) groups excluding carboxylic acids is 3. The molecule has 3 amide bonds. The second-order valence-electron chi connectivity index (χ2n) is 8.10. The van der Waals surface area contributed by atoms with Crippen molar-refractivity contribution in [1.29, 1.82) is 0 Å². The van der Waals surface area contributed by atoms with Gasteiger partial charge in [-0.2, -0.15) is 0 Å². The van der Waals surface area contributed by atoms with E-state index < -0.39 is 0 Å². The minimum atomic E-state index is -0.221. The first-order valence-electron chi connectivity index (χ1n) is 10.5. The lowest BCUT2D eigenvalue weighted by Crippen LogP contribution is -3.00. The third kappa shape index (κ3) is 4.44. The number of halogens is 1. The molecule has 5 rings (SSSR count). The van der Waals surface area contributed by atoms with Crippen LogP contribution >= 0.6 is 11.3 Å². The Morgan fingerprint density at radius 1 is 1.03 bits per heavy atom. The third-order valence-corrected chi connectivity index (χ3v) is 6.58. The molecule has 11 heteroatoms. The maximum atomic E-state index is 13.5. The van der Waals surface area contributed by atoms with Crippen molar-refractivity contribution >= 4 is 50.1 Å². The number of hydrogen-bond acceptors (Lipinski definition) is 8. The van der Waals surface area contributed by atoms with Crippen LogP contribution in [0.25, 0.3) is 10.2 Å². The van der Waals surface area contributed by atoms with Crippen molar-refractivity contribution in [3.63, 3.8) is 0 Å². The van der Waals surface area contributed by atoms with Crippen molar-refractivity contribution in [2.24, 2.45) is 0 Å². The Labute approximate surface area is 206 Å². The van der Waals surface area contributed by atoms with Crippen LogP contribution < -0.4 is 31.7 Å². The van der Waals surface area contributed by atoms with E-state index >= 15 is 0 Å². The summed E-state index contributed by atoms with van der Waals surface area (Å²) in [7, 11) is 3.89. The van der Waals surface area contributed by atoms with E-state index in [1.807, 2.05) is 31.1 Å². The molecule has 9 nitrogen and oxygen atoms in total. The van der Waals surface area contributed by atoms with Gasteiger partial charge in [0, 0.05) is 43.6 Å². The minimum Gasteiger partial charge on any atom is -1.00 e. The first kappa shape index (κ1) is 23.9. The Morgan fingerprint density at radius 3 is 2.32 bits per heavy atom. The van der Waals surface area contributed by atoms with Gasteiger partial charge in [-0.25, -0.2) is 4.98 Å². The fraction of sp³-hybridized carbons (Fsp3) is 0.304. The second-order valence-corrected chi connectivity index (χ2v) is 9.11. The van der Waals surface area contributed by atoms with E-state index in [-0.39, 0.29) is 49.8 Å². The summed E-state index contributed by atoms with van der Waals surface area (Å²) in [6.45, 7) is 1.29. The Kier molecular flexibility index (Phi) is 6.74. The Bertz CT molecular complexity index is 1200. The number of carbonyl (C=O) groups is 3. The van der Waals surface area contributed by atoms with Gasteiger partial charge in [0.25, 0.3) is 5.91 Å². The molecule has 2 aliphatic heterocycles. The fourth-order valence-electron chi connectivity index (χ4n) is 3.78. The molecule has 1 aromatic heterocycles. The van der Waals surface area contributed by atoms with E-state index in [1.165, 1.54) is 16.2 Å². The van der Waals surface area contributed by atoms with Crippen molar-refractivity contribution in [2.75, 3.05) is 43.8 Å². The highest BCUT2D eigenvalue weighted by molar-refractivity contribution is 7.22. The van der Waals surface area contributed by atoms with Gasteiger partial charge >= 0.3 is 0 Å². The number of rotatable bonds is 6. The summed E-state index contributed by atoms with van der Waals surface area (Å²) in [6, 6.07) is 10.3. The molecule has 0 saturated carbocycles. The number of benzene rings is 2. The summed E-state index contributed by atoms with van der Waals surface area (Å²) in [6.07, 6.45) is 0.434. The number of ether oxygens (including phenoxy) is 2. The van der Waals surface area contributed by atoms with Crippen LogP contribution in [0.4, 0.5) is 10.8 Å². The number of amides is 3. The van der Waals surface area contributed by atoms with Crippen LogP contribution in [0.5, 0.6) is 11.5 Å². The van der Waals surface area contributed by atoms with E-state index in [0.29, 0.717) is 41.0 Å². The van der Waals surface area contributed by atoms with Gasteiger partial charge in [-0.1, -0.05) is 11.3 Å². The van der Waals surface area contributed by atoms with Gasteiger partial charge in [0.2, 0.25) is 18.6 Å². The van der Waals surface area contributed by atoms with Gasteiger partial charge in [0.1, 0.15) is 0 Å². The first-order valence-corrected chi connectivity index (χ1v) is 11.3. The van der Waals surface area contributed by atoms with E-state index in [1.54, 1.807) is 29.2 Å². The first-order chi connectivity index (χ1) is 15.9. The molecule has 0 radical (unpaired) electrons. The molecule has 34 heavy (non-hydrogen) atoms. The highest BCUT2D eigenvalue weighted by atomic mass is 35.5. The van der Waals surface area contributed by atoms with Crippen molar-refractivity contribution in [3.05, 3.63) is 42.0 Å². The van der Waals surface area contributed by atoms with Crippen LogP contribution in [0.2, 0.25) is 0 Å². The van der Waals surface area contributed by atoms with Gasteiger partial charge < -0.3 is 26.8 Å². The summed E-state index contributed by atoms with van der Waals surface area (Å²) in [5, 5.41) is 0.578. The number of nitrogens with zero attached hydrogens (tertiary/aromatic N) is 4. The highest BCUT2D eigenvalue weighted by Gasteiger charge is 2.30. The lowest BCUT2D eigenvalue weighted by Gasteiger charge is -2.22. The summed E-state index contributed by atoms with van der Waals surface area (Å²) in [5.74, 6) is 0.668. The molecule has 3 heterocycles. The second kappa shape index (κ2) is 9.57. The number of hydrogen-bond donors (Lipinski definition) is 0. The highest BCUT2D eigenvalue weighted by Crippen LogP contribution is 2.40. The zero-order valence-corrected chi connectivity index (χ0v) is 20.2. The maximum Gasteiger partial charge on any atom is 0.260 e. The average Bonchev–Trinajstić information content (AvgIpc) is 3.50. The summed E-state index contributed by atoms with van der Waals surface area (Å²) in [5.41, 5.74) is 1.67. The van der Waals surface area contributed by atoms with E-state index in [0.717, 1.165) is 10.2 Å². The smallest absolute Gasteiger partial charge is 0.260 e. The van der Waals surface area contributed by atoms with Crippen LogP contribution in [0, 0.1) is 0 Å². The average molecular weight is 502 g/mol. The zero-order chi connectivity index (χ0) is 23.1. The zero-order valence-electron chi connectivity index (χ0n) is 18.6. The molecule has 178 valence electrons. The predicted octanol–water partition coefficient (Wildman–Crippen LogP) is -0.109. The van der Waals surface area contributed by atoms with Crippen LogP contribution in [0.15, 0.2) is 36.4 Å². The quantitative estimate of drug-likeness (QED) is 0.435. The van der Waals surface area contributed by atoms with Crippen molar-refractivity contribution < 1.29 is 36.3 Å². The maximum absolute atomic E-state index is 13.5. The number of likely N-dealkylation sites (N-methyl/N-ethyl adjacent to an activating group) is 1. The van der Waals surface area contributed by atoms with Crippen LogP contribution in [-0.2, 0) is 9.59 Å². The predicted molar refractivity (Wildman–Crippen MR) is 124 cm³/mol. The summed E-state index contributed by atoms with van der Waals surface area (Å²) in [4.78, 5) is 47.0. The lowest BCUT2D eigenvalue weighted by atomic mass is 10.1. The molecule has 2 aliphatic rings. The van der Waals surface area contributed by atoms with Gasteiger partial charge in [-0.15, -0.1) is 0 Å². The molecule has 2 aromatic carbocycles. The van der Waals surface area contributed by atoms with Crippen molar-refractivity contribution in [2.45, 2.75) is 12.8 Å². The monoisotopic (exact) mass is 501 g/mol. The Balaban J connectivity index is 0.00000274. The molecule has 0 unspecified atom stereocenters. The number of aromatic nitrogens is 1. The normalized spacial score (nSPS) is 14.7. The van der Waals surface area contributed by atoms with E-state index in [2.05, 4.69) is 4.98 Å². The third-order valence-electron chi connectivity index (χ3n) is 5.54. The summed E-state index contributed by atoms with van der Waals surface area (Å²) < 4.78 is 11.8. The Hall–Kier alpha value is -3.21. The van der Waals surface area contributed by atoms with Crippen LogP contribution in [0.1, 0.15) is 23.2 Å². The van der Waals surface area contributed by atoms with Gasteiger partial charge in [0.05, 0.1) is 15.9 Å². The molecular formula is C23H22ClN4O5S-. The SMILES string of the molecule is CN(C)CCN(C(=O)c1ccc(N2C(=O)CCC2=O)cc1)c1nc2cc3c(cc2s1)OCO3.[Cl-]. The van der Waals surface area contributed by atoms with Crippen molar-refractivity contribution in [3.8, 4) is 11.5 Å². The van der Waals surface area contributed by atoms with Crippen LogP contribution in [-0.4, -0.2) is 61.6 Å². The molecule has 3 aromatic rings. The van der Waals surface area contributed by atoms with Gasteiger partial charge in [-0.3, -0.25) is 24.2 Å². The lowest BCUT2D eigenvalue weighted by molar-refractivity contribution is -0.121. The number of imide groups is 1. The molecule has 0 bridgehead atoms. The van der Waals surface area contributed by atoms with Crippen LogP contribution in [0.3, 0.4) is 0 Å². The van der Waals surface area contributed by atoms with Crippen molar-refractivity contribution in [1.82, 2.24) is 9.88 Å². The van der Waals surface area contributed by atoms with Gasteiger partial charge in [-0.05, 0) is 38.4 Å². The number of thiazole rings is 1. The fourth-order valence-corrected chi connectivity index (χ4v) is 4.78. The molecule has 0 spiro atoms. The molecular weight excluding hydrogens is 480 g/mol. The standard InChI is InChI=1S/C23H22N4O5S.ClH/c1-25(2)9-10-26(23-24-16-11-17-18(32-13-31-17)12-19(16)33-23)22(30)14-3-5-15(6-4-14)27-20(28)7-8-21(27)29;/h3-6,11-12H,7-10,13H2,1-2H3;1H/p-1. The Morgan fingerprint density at radius 2 is 1.68 bits per heavy atom. The molecule has 0 aliphatic carbocycles. The minimum absolute atomic E-state index is 0. The van der Waals surface area contributed by atoms with Gasteiger partial charge in [0.15, 0.2) is 16.6 Å². The molecule has 1 saturated heterocycles. The largest absolute Gasteiger partial charge is 1.00 e. The summed E-state index contributed by atoms with van der Waals surface area (Å²) >= 11 is 1.41. The number of anilines is 2. The van der Waals surface area contributed by atoms with E-state index in [9.17, 15) is 14.4 Å². The molecule has 1 fully saturated rings. The molecule has 0 N–H and O–H groups in total. The topological polar surface area (TPSA) is 92.3 Å². The molecule has 0 atom stereocenters. The van der Waals surface area contributed by atoms with E-state index in [4.69, 9.17) is 9.47 Å². The number of fused-ring (bicyclic) bond motifs is 2.